The smallest absolute Gasteiger partial charge is 0.252 e. The van der Waals surface area contributed by atoms with Gasteiger partial charge in [0.2, 0.25) is 0 Å². The summed E-state index contributed by atoms with van der Waals surface area (Å²) in [6.45, 7) is 3.24. The third-order valence-corrected chi connectivity index (χ3v) is 3.99. The highest BCUT2D eigenvalue weighted by molar-refractivity contribution is 6.19. The summed E-state index contributed by atoms with van der Waals surface area (Å²) in [6.07, 6.45) is 1.54. The molecule has 18 heavy (non-hydrogen) atoms. The van der Waals surface area contributed by atoms with Crippen LogP contribution in [0.1, 0.15) is 28.8 Å². The Labute approximate surface area is 112 Å². The van der Waals surface area contributed by atoms with E-state index in [2.05, 4.69) is 5.32 Å². The molecule has 2 rings (SSSR count). The number of ether oxygens (including phenoxy) is 1. The fourth-order valence-corrected chi connectivity index (χ4v) is 2.52. The van der Waals surface area contributed by atoms with E-state index in [0.29, 0.717) is 24.7 Å². The van der Waals surface area contributed by atoms with Crippen LogP contribution >= 0.6 is 11.6 Å². The SMILES string of the molecule is Cc1ccccc1C(=O)NC1(CCl)CCOCC1. The molecule has 98 valence electrons. The van der Waals surface area contributed by atoms with Gasteiger partial charge in [-0.3, -0.25) is 4.79 Å². The predicted octanol–water partition coefficient (Wildman–Crippen LogP) is 2.51. The van der Waals surface area contributed by atoms with E-state index in [4.69, 9.17) is 16.3 Å². The van der Waals surface area contributed by atoms with E-state index in [1.54, 1.807) is 0 Å². The Morgan fingerprint density at radius 1 is 1.39 bits per heavy atom. The second kappa shape index (κ2) is 5.72. The summed E-state index contributed by atoms with van der Waals surface area (Å²) in [5, 5.41) is 3.09. The first kappa shape index (κ1) is 13.4. The number of nitrogens with one attached hydrogen (secondary N) is 1. The quantitative estimate of drug-likeness (QED) is 0.855. The van der Waals surface area contributed by atoms with Gasteiger partial charge in [0.15, 0.2) is 0 Å². The van der Waals surface area contributed by atoms with Crippen molar-refractivity contribution in [2.45, 2.75) is 25.3 Å². The Kier molecular flexibility index (Phi) is 4.25. The van der Waals surface area contributed by atoms with E-state index in [-0.39, 0.29) is 11.4 Å². The molecule has 0 unspecified atom stereocenters. The van der Waals surface area contributed by atoms with Crippen LogP contribution in [0, 0.1) is 6.92 Å². The van der Waals surface area contributed by atoms with Gasteiger partial charge >= 0.3 is 0 Å². The van der Waals surface area contributed by atoms with Crippen molar-refractivity contribution in [1.82, 2.24) is 5.32 Å². The monoisotopic (exact) mass is 267 g/mol. The minimum Gasteiger partial charge on any atom is -0.381 e. The first-order valence-corrected chi connectivity index (χ1v) is 6.72. The van der Waals surface area contributed by atoms with Gasteiger partial charge in [0.25, 0.3) is 5.91 Å². The number of rotatable bonds is 3. The Morgan fingerprint density at radius 3 is 2.67 bits per heavy atom. The maximum absolute atomic E-state index is 12.3. The maximum Gasteiger partial charge on any atom is 0.252 e. The van der Waals surface area contributed by atoms with E-state index in [1.807, 2.05) is 31.2 Å². The molecule has 1 heterocycles. The van der Waals surface area contributed by atoms with Gasteiger partial charge in [-0.05, 0) is 31.4 Å². The molecule has 3 nitrogen and oxygen atoms in total. The lowest BCUT2D eigenvalue weighted by Crippen LogP contribution is -2.53. The highest BCUT2D eigenvalue weighted by Gasteiger charge is 2.33. The number of hydrogen-bond acceptors (Lipinski definition) is 2. The fourth-order valence-electron chi connectivity index (χ4n) is 2.19. The van der Waals surface area contributed by atoms with Gasteiger partial charge in [0, 0.05) is 24.7 Å². The number of carbonyl (C=O) groups excluding carboxylic acids is 1. The molecule has 0 spiro atoms. The highest BCUT2D eigenvalue weighted by Crippen LogP contribution is 2.23. The number of aryl methyl sites for hydroxylation is 1. The van der Waals surface area contributed by atoms with Crippen molar-refractivity contribution in [3.63, 3.8) is 0 Å². The zero-order chi connectivity index (χ0) is 13.0. The van der Waals surface area contributed by atoms with Crippen LogP contribution in [-0.4, -0.2) is 30.5 Å². The number of halogens is 1. The van der Waals surface area contributed by atoms with Gasteiger partial charge in [-0.25, -0.2) is 0 Å². The molecular weight excluding hydrogens is 250 g/mol. The summed E-state index contributed by atoms with van der Waals surface area (Å²) in [6, 6.07) is 7.58. The summed E-state index contributed by atoms with van der Waals surface area (Å²) in [5.74, 6) is 0.379. The minimum absolute atomic E-state index is 0.0457. The molecule has 1 aromatic carbocycles. The average molecular weight is 268 g/mol. The Balaban J connectivity index is 2.13. The van der Waals surface area contributed by atoms with Gasteiger partial charge in [0.05, 0.1) is 5.54 Å². The van der Waals surface area contributed by atoms with Gasteiger partial charge in [-0.1, -0.05) is 18.2 Å². The molecule has 0 atom stereocenters. The number of benzene rings is 1. The molecule has 1 fully saturated rings. The third-order valence-electron chi connectivity index (χ3n) is 3.47. The molecule has 0 saturated carbocycles. The molecule has 4 heteroatoms. The molecule has 1 amide bonds. The van der Waals surface area contributed by atoms with Crippen molar-refractivity contribution in [2.75, 3.05) is 19.1 Å². The van der Waals surface area contributed by atoms with E-state index in [0.717, 1.165) is 18.4 Å². The summed E-state index contributed by atoms with van der Waals surface area (Å²) in [4.78, 5) is 12.3. The second-order valence-electron chi connectivity index (χ2n) is 4.80. The van der Waals surface area contributed by atoms with Crippen molar-refractivity contribution in [2.24, 2.45) is 0 Å². The molecule has 1 saturated heterocycles. The lowest BCUT2D eigenvalue weighted by molar-refractivity contribution is 0.0433. The third kappa shape index (κ3) is 2.85. The van der Waals surface area contributed by atoms with Crippen LogP contribution in [0.2, 0.25) is 0 Å². The van der Waals surface area contributed by atoms with E-state index >= 15 is 0 Å². The predicted molar refractivity (Wildman–Crippen MR) is 72.1 cm³/mol. The fraction of sp³-hybridized carbons (Fsp3) is 0.500. The molecule has 1 aliphatic rings. The normalized spacial score (nSPS) is 18.3. The summed E-state index contributed by atoms with van der Waals surface area (Å²) in [7, 11) is 0. The Hall–Kier alpha value is -1.06. The minimum atomic E-state index is -0.320. The zero-order valence-electron chi connectivity index (χ0n) is 10.5. The van der Waals surface area contributed by atoms with E-state index < -0.39 is 0 Å². The van der Waals surface area contributed by atoms with Crippen LogP contribution < -0.4 is 5.32 Å². The van der Waals surface area contributed by atoms with Crippen LogP contribution in [0.25, 0.3) is 0 Å². The highest BCUT2D eigenvalue weighted by atomic mass is 35.5. The van der Waals surface area contributed by atoms with Crippen molar-refractivity contribution in [1.29, 1.82) is 0 Å². The lowest BCUT2D eigenvalue weighted by atomic mass is 9.91. The summed E-state index contributed by atoms with van der Waals surface area (Å²) < 4.78 is 5.33. The van der Waals surface area contributed by atoms with E-state index in [1.165, 1.54) is 0 Å². The zero-order valence-corrected chi connectivity index (χ0v) is 11.3. The second-order valence-corrected chi connectivity index (χ2v) is 5.06. The standard InChI is InChI=1S/C14H18ClNO2/c1-11-4-2-3-5-12(11)13(17)16-14(10-15)6-8-18-9-7-14/h2-5H,6-10H2,1H3,(H,16,17). The topological polar surface area (TPSA) is 38.3 Å². The molecule has 0 bridgehead atoms. The number of amides is 1. The van der Waals surface area contributed by atoms with Gasteiger partial charge in [-0.15, -0.1) is 11.6 Å². The number of alkyl halides is 1. The molecule has 0 aromatic heterocycles. The van der Waals surface area contributed by atoms with Gasteiger partial charge in [-0.2, -0.15) is 0 Å². The molecule has 0 aliphatic carbocycles. The Morgan fingerprint density at radius 2 is 2.06 bits per heavy atom. The molecule has 1 N–H and O–H groups in total. The van der Waals surface area contributed by atoms with Crippen LogP contribution in [0.3, 0.4) is 0 Å². The van der Waals surface area contributed by atoms with Crippen LogP contribution in [0.4, 0.5) is 0 Å². The van der Waals surface area contributed by atoms with Crippen molar-refractivity contribution in [3.05, 3.63) is 35.4 Å². The lowest BCUT2D eigenvalue weighted by Gasteiger charge is -2.36. The van der Waals surface area contributed by atoms with E-state index in [9.17, 15) is 4.79 Å². The van der Waals surface area contributed by atoms with Crippen LogP contribution in [-0.2, 0) is 4.74 Å². The Bertz CT molecular complexity index is 428. The summed E-state index contributed by atoms with van der Waals surface area (Å²) >= 11 is 6.04. The largest absolute Gasteiger partial charge is 0.381 e. The maximum atomic E-state index is 12.3. The number of carbonyl (C=O) groups is 1. The molecule has 0 radical (unpaired) electrons. The van der Waals surface area contributed by atoms with Crippen molar-refractivity contribution < 1.29 is 9.53 Å². The summed E-state index contributed by atoms with van der Waals surface area (Å²) in [5.41, 5.74) is 1.37. The molecule has 1 aromatic rings. The van der Waals surface area contributed by atoms with Crippen molar-refractivity contribution in [3.8, 4) is 0 Å². The average Bonchev–Trinajstić information content (AvgIpc) is 2.40. The van der Waals surface area contributed by atoms with Gasteiger partial charge < -0.3 is 10.1 Å². The first-order chi connectivity index (χ1) is 8.67. The first-order valence-electron chi connectivity index (χ1n) is 6.19. The van der Waals surface area contributed by atoms with Crippen LogP contribution in [0.5, 0.6) is 0 Å². The van der Waals surface area contributed by atoms with Crippen molar-refractivity contribution >= 4 is 17.5 Å². The number of hydrogen-bond donors (Lipinski definition) is 1. The molecular formula is C14H18ClNO2. The van der Waals surface area contributed by atoms with Crippen LogP contribution in [0.15, 0.2) is 24.3 Å². The van der Waals surface area contributed by atoms with Gasteiger partial charge in [0.1, 0.15) is 0 Å². The molecule has 1 aliphatic heterocycles.